The number of carbonyl (C=O) groups is 2. The van der Waals surface area contributed by atoms with E-state index in [2.05, 4.69) is 10.6 Å². The molecule has 0 saturated heterocycles. The Balaban J connectivity index is 1.68. The SMILES string of the molecule is COc1ccc2c(c1)CCCC2(O)CNC(=O)C(=O)Nc1ccccc1[N+](=O)[O-]. The van der Waals surface area contributed by atoms with Gasteiger partial charge in [0.2, 0.25) is 0 Å². The lowest BCUT2D eigenvalue weighted by atomic mass is 9.79. The molecule has 1 atom stereocenters. The summed E-state index contributed by atoms with van der Waals surface area (Å²) < 4.78 is 5.21. The quantitative estimate of drug-likeness (QED) is 0.400. The van der Waals surface area contributed by atoms with Crippen molar-refractivity contribution in [3.05, 3.63) is 63.7 Å². The first kappa shape index (κ1) is 20.3. The lowest BCUT2D eigenvalue weighted by Crippen LogP contribution is -2.46. The Bertz CT molecular complexity index is 961. The van der Waals surface area contributed by atoms with Crippen LogP contribution in [0.15, 0.2) is 42.5 Å². The third-order valence-electron chi connectivity index (χ3n) is 4.95. The van der Waals surface area contributed by atoms with Gasteiger partial charge in [-0.2, -0.15) is 0 Å². The van der Waals surface area contributed by atoms with Crippen LogP contribution in [0.2, 0.25) is 0 Å². The molecule has 29 heavy (non-hydrogen) atoms. The number of hydrogen-bond acceptors (Lipinski definition) is 6. The molecule has 2 aromatic carbocycles. The van der Waals surface area contributed by atoms with Crippen molar-refractivity contribution in [2.75, 3.05) is 19.0 Å². The molecule has 3 rings (SSSR count). The number of ether oxygens (including phenoxy) is 1. The largest absolute Gasteiger partial charge is 0.497 e. The number of fused-ring (bicyclic) bond motifs is 1. The van der Waals surface area contributed by atoms with Crippen LogP contribution in [-0.4, -0.2) is 35.5 Å². The number of nitrogens with zero attached hydrogens (tertiary/aromatic N) is 1. The number of rotatable bonds is 5. The van der Waals surface area contributed by atoms with Crippen LogP contribution in [0, 0.1) is 10.1 Å². The van der Waals surface area contributed by atoms with Crippen molar-refractivity contribution >= 4 is 23.2 Å². The van der Waals surface area contributed by atoms with Crippen molar-refractivity contribution < 1.29 is 24.4 Å². The fourth-order valence-electron chi connectivity index (χ4n) is 3.47. The van der Waals surface area contributed by atoms with Crippen LogP contribution in [0.25, 0.3) is 0 Å². The molecule has 3 N–H and O–H groups in total. The highest BCUT2D eigenvalue weighted by Crippen LogP contribution is 2.36. The molecule has 0 bridgehead atoms. The fourth-order valence-corrected chi connectivity index (χ4v) is 3.47. The maximum atomic E-state index is 12.2. The Kier molecular flexibility index (Phi) is 5.79. The van der Waals surface area contributed by atoms with Crippen LogP contribution in [0.5, 0.6) is 5.75 Å². The van der Waals surface area contributed by atoms with E-state index < -0.39 is 22.3 Å². The molecular formula is C20H21N3O6. The summed E-state index contributed by atoms with van der Waals surface area (Å²) in [6.07, 6.45) is 1.92. The van der Waals surface area contributed by atoms with Gasteiger partial charge in [0.05, 0.1) is 18.6 Å². The molecule has 9 nitrogen and oxygen atoms in total. The Labute approximate surface area is 166 Å². The first-order valence-corrected chi connectivity index (χ1v) is 9.06. The first-order chi connectivity index (χ1) is 13.8. The number of anilines is 1. The summed E-state index contributed by atoms with van der Waals surface area (Å²) in [6, 6.07) is 10.9. The fraction of sp³-hybridized carbons (Fsp3) is 0.300. The topological polar surface area (TPSA) is 131 Å². The van der Waals surface area contributed by atoms with E-state index in [0.29, 0.717) is 17.7 Å². The minimum atomic E-state index is -1.31. The van der Waals surface area contributed by atoms with E-state index in [1.807, 2.05) is 6.07 Å². The van der Waals surface area contributed by atoms with E-state index in [9.17, 15) is 24.8 Å². The summed E-state index contributed by atoms with van der Waals surface area (Å²) in [5.74, 6) is -1.35. The van der Waals surface area contributed by atoms with Gasteiger partial charge in [-0.25, -0.2) is 0 Å². The van der Waals surface area contributed by atoms with Gasteiger partial charge < -0.3 is 20.5 Å². The van der Waals surface area contributed by atoms with Crippen molar-refractivity contribution in [2.24, 2.45) is 0 Å². The Morgan fingerprint density at radius 2 is 2.00 bits per heavy atom. The number of benzene rings is 2. The summed E-state index contributed by atoms with van der Waals surface area (Å²) in [7, 11) is 1.56. The highest BCUT2D eigenvalue weighted by Gasteiger charge is 2.35. The smallest absolute Gasteiger partial charge is 0.313 e. The molecular weight excluding hydrogens is 378 g/mol. The van der Waals surface area contributed by atoms with Gasteiger partial charge in [-0.1, -0.05) is 18.2 Å². The Morgan fingerprint density at radius 1 is 1.24 bits per heavy atom. The average molecular weight is 399 g/mol. The second kappa shape index (κ2) is 8.27. The molecule has 2 amide bonds. The minimum absolute atomic E-state index is 0.0773. The Morgan fingerprint density at radius 3 is 2.72 bits per heavy atom. The van der Waals surface area contributed by atoms with Crippen LogP contribution in [0.4, 0.5) is 11.4 Å². The highest BCUT2D eigenvalue weighted by atomic mass is 16.6. The second-order valence-corrected chi connectivity index (χ2v) is 6.82. The number of para-hydroxylation sites is 2. The second-order valence-electron chi connectivity index (χ2n) is 6.82. The van der Waals surface area contributed by atoms with Crippen LogP contribution < -0.4 is 15.4 Å². The minimum Gasteiger partial charge on any atom is -0.497 e. The average Bonchev–Trinajstić information content (AvgIpc) is 2.72. The van der Waals surface area contributed by atoms with E-state index in [0.717, 1.165) is 18.4 Å². The molecule has 1 unspecified atom stereocenters. The van der Waals surface area contributed by atoms with Crippen LogP contribution in [0.1, 0.15) is 24.0 Å². The highest BCUT2D eigenvalue weighted by molar-refractivity contribution is 6.39. The number of methoxy groups -OCH3 is 1. The molecule has 152 valence electrons. The van der Waals surface area contributed by atoms with Crippen LogP contribution in [-0.2, 0) is 21.6 Å². The molecule has 0 spiro atoms. The van der Waals surface area contributed by atoms with Gasteiger partial charge in [-0.05, 0) is 48.6 Å². The van der Waals surface area contributed by atoms with E-state index >= 15 is 0 Å². The number of hydrogen-bond donors (Lipinski definition) is 3. The summed E-state index contributed by atoms with van der Waals surface area (Å²) in [5.41, 5.74) is -0.0938. The van der Waals surface area contributed by atoms with Crippen molar-refractivity contribution in [3.63, 3.8) is 0 Å². The summed E-state index contributed by atoms with van der Waals surface area (Å²) in [4.78, 5) is 34.7. The molecule has 0 saturated carbocycles. The molecule has 0 fully saturated rings. The maximum absolute atomic E-state index is 12.2. The van der Waals surface area contributed by atoms with Gasteiger partial charge in [-0.3, -0.25) is 19.7 Å². The van der Waals surface area contributed by atoms with Crippen LogP contribution in [0.3, 0.4) is 0 Å². The van der Waals surface area contributed by atoms with Crippen LogP contribution >= 0.6 is 0 Å². The van der Waals surface area contributed by atoms with Gasteiger partial charge in [0.25, 0.3) is 5.69 Å². The molecule has 9 heteroatoms. The van der Waals surface area contributed by atoms with Gasteiger partial charge >= 0.3 is 11.8 Å². The number of nitrogens with one attached hydrogen (secondary N) is 2. The summed E-state index contributed by atoms with van der Waals surface area (Å²) in [5, 5.41) is 26.7. The number of aryl methyl sites for hydroxylation is 1. The number of aliphatic hydroxyl groups is 1. The lowest BCUT2D eigenvalue weighted by Gasteiger charge is -2.34. The third kappa shape index (κ3) is 4.35. The van der Waals surface area contributed by atoms with Crippen molar-refractivity contribution in [1.82, 2.24) is 5.32 Å². The van der Waals surface area contributed by atoms with Gasteiger partial charge in [0.15, 0.2) is 0 Å². The standard InChI is InChI=1S/C20H21N3O6/c1-29-14-8-9-15-13(11-14)5-4-10-20(15,26)12-21-18(24)19(25)22-16-6-2-3-7-17(16)23(27)28/h2-3,6-9,11,26H,4-5,10,12H2,1H3,(H,21,24)(H,22,25). The van der Waals surface area contributed by atoms with Gasteiger partial charge in [0, 0.05) is 6.07 Å². The first-order valence-electron chi connectivity index (χ1n) is 9.06. The maximum Gasteiger partial charge on any atom is 0.313 e. The van der Waals surface area contributed by atoms with Crippen molar-refractivity contribution in [2.45, 2.75) is 24.9 Å². The molecule has 0 aromatic heterocycles. The predicted octanol–water partition coefficient (Wildman–Crippen LogP) is 1.88. The normalized spacial score (nSPS) is 17.7. The number of amides is 2. The summed E-state index contributed by atoms with van der Waals surface area (Å²) >= 11 is 0. The number of carbonyl (C=O) groups excluding carboxylic acids is 2. The van der Waals surface area contributed by atoms with E-state index in [1.165, 1.54) is 24.3 Å². The molecule has 1 aliphatic rings. The predicted molar refractivity (Wildman–Crippen MR) is 105 cm³/mol. The monoisotopic (exact) mass is 399 g/mol. The van der Waals surface area contributed by atoms with E-state index in [1.54, 1.807) is 19.2 Å². The molecule has 0 heterocycles. The van der Waals surface area contributed by atoms with Gasteiger partial charge in [0.1, 0.15) is 17.0 Å². The third-order valence-corrected chi connectivity index (χ3v) is 4.95. The lowest BCUT2D eigenvalue weighted by molar-refractivity contribution is -0.383. The Hall–Kier alpha value is -3.46. The van der Waals surface area contributed by atoms with E-state index in [-0.39, 0.29) is 17.9 Å². The molecule has 0 radical (unpaired) electrons. The molecule has 2 aromatic rings. The van der Waals surface area contributed by atoms with Gasteiger partial charge in [-0.15, -0.1) is 0 Å². The van der Waals surface area contributed by atoms with Crippen molar-refractivity contribution in [3.8, 4) is 5.75 Å². The summed E-state index contributed by atoms with van der Waals surface area (Å²) in [6.45, 7) is -0.157. The molecule has 0 aliphatic heterocycles. The number of nitro groups is 1. The zero-order chi connectivity index (χ0) is 21.0. The zero-order valence-electron chi connectivity index (χ0n) is 15.8. The molecule has 1 aliphatic carbocycles. The van der Waals surface area contributed by atoms with E-state index in [4.69, 9.17) is 4.74 Å². The zero-order valence-corrected chi connectivity index (χ0v) is 15.8. The number of nitro benzene ring substituents is 1. The van der Waals surface area contributed by atoms with Crippen molar-refractivity contribution in [1.29, 1.82) is 0 Å².